The summed E-state index contributed by atoms with van der Waals surface area (Å²) >= 11 is 0.667. The molecule has 1 amide bonds. The number of rotatable bonds is 4. The van der Waals surface area contributed by atoms with Gasteiger partial charge < -0.3 is 4.74 Å². The highest BCUT2D eigenvalue weighted by Gasteiger charge is 2.16. The molecule has 9 heteroatoms. The molecule has 21 heavy (non-hydrogen) atoms. The van der Waals surface area contributed by atoms with Crippen LogP contribution in [0.15, 0.2) is 36.5 Å². The fraction of sp³-hybridized carbons (Fsp3) is 0.0833. The lowest BCUT2D eigenvalue weighted by molar-refractivity contribution is -0.380. The molecule has 0 radical (unpaired) electrons. The van der Waals surface area contributed by atoms with Crippen LogP contribution in [0.1, 0.15) is 5.56 Å². The molecule has 0 atom stereocenters. The molecule has 8 nitrogen and oxygen atoms in total. The van der Waals surface area contributed by atoms with Crippen molar-refractivity contribution in [1.29, 1.82) is 0 Å². The first kappa shape index (κ1) is 14.6. The summed E-state index contributed by atoms with van der Waals surface area (Å²) in [6.45, 7) is 0. The number of carbonyl (C=O) groups excluding carboxylic acids is 2. The average molecular weight is 307 g/mol. The molecular formula is C12H9N3O5S. The summed E-state index contributed by atoms with van der Waals surface area (Å²) in [5.41, 5.74) is 0.709. The summed E-state index contributed by atoms with van der Waals surface area (Å²) in [5, 5.41) is 12.4. The van der Waals surface area contributed by atoms with Gasteiger partial charge in [-0.15, -0.1) is 0 Å². The molecule has 1 N–H and O–H groups in total. The van der Waals surface area contributed by atoms with Crippen molar-refractivity contribution in [2.75, 3.05) is 5.32 Å². The Kier molecular flexibility index (Phi) is 4.57. The van der Waals surface area contributed by atoms with Crippen LogP contribution in [0.4, 0.5) is 14.9 Å². The maximum atomic E-state index is 11.5. The Morgan fingerprint density at radius 3 is 2.67 bits per heavy atom. The van der Waals surface area contributed by atoms with Crippen molar-refractivity contribution < 1.29 is 19.2 Å². The molecule has 0 bridgehead atoms. The first-order valence-electron chi connectivity index (χ1n) is 5.70. The fourth-order valence-electron chi connectivity index (χ4n) is 1.42. The molecule has 0 aliphatic rings. The van der Waals surface area contributed by atoms with Gasteiger partial charge in [-0.2, -0.15) is 0 Å². The standard InChI is InChI=1S/C12H9N3O5S/c16-10(6-8-4-2-1-3-5-8)20-12(17)14-11-13-7-9(21-11)15(18)19/h1-5,7H,6H2,(H,13,14,17). The number of anilines is 1. The number of nitrogens with one attached hydrogen (secondary N) is 1. The Morgan fingerprint density at radius 2 is 2.05 bits per heavy atom. The van der Waals surface area contributed by atoms with Gasteiger partial charge in [-0.05, 0) is 16.9 Å². The second kappa shape index (κ2) is 6.57. The lowest BCUT2D eigenvalue weighted by atomic mass is 10.2. The molecule has 1 aromatic carbocycles. The van der Waals surface area contributed by atoms with E-state index in [0.29, 0.717) is 16.9 Å². The highest BCUT2D eigenvalue weighted by atomic mass is 32.1. The molecular weight excluding hydrogens is 298 g/mol. The van der Waals surface area contributed by atoms with Crippen LogP contribution in [0.3, 0.4) is 0 Å². The van der Waals surface area contributed by atoms with Gasteiger partial charge in [0.25, 0.3) is 0 Å². The zero-order valence-electron chi connectivity index (χ0n) is 10.5. The number of hydrogen-bond acceptors (Lipinski definition) is 7. The van der Waals surface area contributed by atoms with Crippen LogP contribution in [0, 0.1) is 10.1 Å². The molecule has 1 heterocycles. The predicted octanol–water partition coefficient (Wildman–Crippen LogP) is 2.37. The van der Waals surface area contributed by atoms with Gasteiger partial charge in [-0.3, -0.25) is 20.2 Å². The highest BCUT2D eigenvalue weighted by molar-refractivity contribution is 7.18. The number of aromatic nitrogens is 1. The Balaban J connectivity index is 1.86. The molecule has 0 spiro atoms. The van der Waals surface area contributed by atoms with Gasteiger partial charge in [0, 0.05) is 0 Å². The normalized spacial score (nSPS) is 9.90. The van der Waals surface area contributed by atoms with Crippen LogP contribution in [0.2, 0.25) is 0 Å². The first-order chi connectivity index (χ1) is 10.0. The Hall–Kier alpha value is -2.81. The second-order valence-electron chi connectivity index (χ2n) is 3.81. The maximum absolute atomic E-state index is 11.5. The third-order valence-corrected chi connectivity index (χ3v) is 3.14. The predicted molar refractivity (Wildman–Crippen MR) is 74.0 cm³/mol. The topological polar surface area (TPSA) is 111 Å². The number of thiazole rings is 1. The summed E-state index contributed by atoms with van der Waals surface area (Å²) in [6, 6.07) is 8.78. The van der Waals surface area contributed by atoms with Gasteiger partial charge in [-0.1, -0.05) is 30.3 Å². The van der Waals surface area contributed by atoms with E-state index in [4.69, 9.17) is 0 Å². The summed E-state index contributed by atoms with van der Waals surface area (Å²) in [4.78, 5) is 36.4. The number of amides is 1. The Morgan fingerprint density at radius 1 is 1.33 bits per heavy atom. The molecule has 0 aliphatic heterocycles. The van der Waals surface area contributed by atoms with Crippen LogP contribution in [-0.4, -0.2) is 22.0 Å². The van der Waals surface area contributed by atoms with Gasteiger partial charge in [0.05, 0.1) is 11.3 Å². The van der Waals surface area contributed by atoms with E-state index in [2.05, 4.69) is 15.0 Å². The number of nitro groups is 1. The van der Waals surface area contributed by atoms with E-state index >= 15 is 0 Å². The summed E-state index contributed by atoms with van der Waals surface area (Å²) in [7, 11) is 0. The minimum atomic E-state index is -1.03. The number of ether oxygens (including phenoxy) is 1. The van der Waals surface area contributed by atoms with Crippen molar-refractivity contribution in [3.63, 3.8) is 0 Å². The van der Waals surface area contributed by atoms with Crippen LogP contribution >= 0.6 is 11.3 Å². The highest BCUT2D eigenvalue weighted by Crippen LogP contribution is 2.24. The Bertz CT molecular complexity index is 671. The summed E-state index contributed by atoms with van der Waals surface area (Å²) in [6.07, 6.45) is -0.0709. The van der Waals surface area contributed by atoms with Crippen LogP contribution in [-0.2, 0) is 16.0 Å². The Labute approximate surface area is 122 Å². The average Bonchev–Trinajstić information content (AvgIpc) is 2.88. The third kappa shape index (κ3) is 4.35. The maximum Gasteiger partial charge on any atom is 0.421 e. The molecule has 0 unspecified atom stereocenters. The third-order valence-electron chi connectivity index (χ3n) is 2.28. The fourth-order valence-corrected chi connectivity index (χ4v) is 2.04. The first-order valence-corrected chi connectivity index (χ1v) is 6.52. The van der Waals surface area contributed by atoms with E-state index in [1.54, 1.807) is 30.3 Å². The van der Waals surface area contributed by atoms with Crippen LogP contribution in [0.5, 0.6) is 0 Å². The molecule has 0 fully saturated rings. The number of hydrogen-bond donors (Lipinski definition) is 1. The molecule has 2 aromatic rings. The van der Waals surface area contributed by atoms with Crippen molar-refractivity contribution >= 4 is 33.5 Å². The minimum Gasteiger partial charge on any atom is -0.376 e. The molecule has 0 saturated heterocycles. The van der Waals surface area contributed by atoms with Crippen LogP contribution < -0.4 is 5.32 Å². The molecule has 1 aromatic heterocycles. The number of carbonyl (C=O) groups is 2. The number of nitrogens with zero attached hydrogens (tertiary/aromatic N) is 2. The minimum absolute atomic E-state index is 0.0146. The van der Waals surface area contributed by atoms with Crippen molar-refractivity contribution in [2.45, 2.75) is 6.42 Å². The van der Waals surface area contributed by atoms with Crippen molar-refractivity contribution in [3.05, 3.63) is 52.2 Å². The lowest BCUT2D eigenvalue weighted by Crippen LogP contribution is -2.19. The van der Waals surface area contributed by atoms with Gasteiger partial charge >= 0.3 is 17.1 Å². The van der Waals surface area contributed by atoms with E-state index in [-0.39, 0.29) is 16.6 Å². The van der Waals surface area contributed by atoms with Gasteiger partial charge in [0.1, 0.15) is 6.20 Å². The van der Waals surface area contributed by atoms with Crippen molar-refractivity contribution in [3.8, 4) is 0 Å². The number of benzene rings is 1. The summed E-state index contributed by atoms with van der Waals surface area (Å²) in [5.74, 6) is -0.732. The van der Waals surface area contributed by atoms with Crippen LogP contribution in [0.25, 0.3) is 0 Å². The SMILES string of the molecule is O=C(Cc1ccccc1)OC(=O)Nc1ncc([N+](=O)[O-])s1. The van der Waals surface area contributed by atoms with E-state index in [1.807, 2.05) is 0 Å². The molecule has 108 valence electrons. The van der Waals surface area contributed by atoms with Crippen molar-refractivity contribution in [2.24, 2.45) is 0 Å². The van der Waals surface area contributed by atoms with E-state index in [0.717, 1.165) is 6.20 Å². The number of esters is 1. The quantitative estimate of drug-likeness (QED) is 0.401. The largest absolute Gasteiger partial charge is 0.421 e. The van der Waals surface area contributed by atoms with Gasteiger partial charge in [-0.25, -0.2) is 9.78 Å². The molecule has 0 saturated carbocycles. The van der Waals surface area contributed by atoms with Gasteiger partial charge in [0.15, 0.2) is 5.13 Å². The second-order valence-corrected chi connectivity index (χ2v) is 4.82. The van der Waals surface area contributed by atoms with E-state index in [9.17, 15) is 19.7 Å². The molecule has 0 aliphatic carbocycles. The smallest absolute Gasteiger partial charge is 0.376 e. The monoisotopic (exact) mass is 307 g/mol. The van der Waals surface area contributed by atoms with E-state index in [1.165, 1.54) is 0 Å². The molecule has 2 rings (SSSR count). The van der Waals surface area contributed by atoms with Gasteiger partial charge in [0.2, 0.25) is 0 Å². The van der Waals surface area contributed by atoms with E-state index < -0.39 is 17.0 Å². The zero-order valence-corrected chi connectivity index (χ0v) is 11.3. The zero-order chi connectivity index (χ0) is 15.2. The lowest BCUT2D eigenvalue weighted by Gasteiger charge is -2.02. The summed E-state index contributed by atoms with van der Waals surface area (Å²) < 4.78 is 4.54. The van der Waals surface area contributed by atoms with Crippen molar-refractivity contribution in [1.82, 2.24) is 4.98 Å².